The third-order valence-electron chi connectivity index (χ3n) is 2.32. The number of aromatic carboxylic acids is 1. The van der Waals surface area contributed by atoms with Crippen LogP contribution in [0.15, 0.2) is 59.5 Å². The molecule has 0 radical (unpaired) electrons. The van der Waals surface area contributed by atoms with E-state index in [1.807, 2.05) is 6.07 Å². The first-order valence-corrected chi connectivity index (χ1v) is 6.09. The van der Waals surface area contributed by atoms with Crippen LogP contribution in [0.2, 0.25) is 0 Å². The lowest BCUT2D eigenvalue weighted by atomic mass is 10.2. The van der Waals surface area contributed by atoms with Gasteiger partial charge in [-0.3, -0.25) is 4.79 Å². The summed E-state index contributed by atoms with van der Waals surface area (Å²) in [6.45, 7) is 0. The van der Waals surface area contributed by atoms with E-state index in [4.69, 9.17) is 5.11 Å². The molecule has 1 N–H and O–H groups in total. The molecule has 0 amide bonds. The predicted octanol–water partition coefficient (Wildman–Crippen LogP) is 3.32. The number of carbonyl (C=O) groups is 2. The van der Waals surface area contributed by atoms with Crippen molar-refractivity contribution < 1.29 is 14.7 Å². The van der Waals surface area contributed by atoms with Crippen LogP contribution in [0.5, 0.6) is 0 Å². The Morgan fingerprint density at radius 1 is 0.833 bits per heavy atom. The number of carboxylic acid groups (broad SMARTS) is 1. The number of rotatable bonds is 3. The minimum absolute atomic E-state index is 0.0568. The highest BCUT2D eigenvalue weighted by molar-refractivity contribution is 8.14. The maximum Gasteiger partial charge on any atom is 0.335 e. The maximum atomic E-state index is 11.9. The van der Waals surface area contributed by atoms with E-state index in [1.54, 1.807) is 36.4 Å². The van der Waals surface area contributed by atoms with Crippen molar-refractivity contribution in [1.29, 1.82) is 0 Å². The van der Waals surface area contributed by atoms with Gasteiger partial charge in [-0.25, -0.2) is 4.79 Å². The summed E-state index contributed by atoms with van der Waals surface area (Å²) in [6, 6.07) is 15.2. The second-order valence-corrected chi connectivity index (χ2v) is 4.63. The number of carboxylic acids is 1. The lowest BCUT2D eigenvalue weighted by Gasteiger charge is -2.01. The Labute approximate surface area is 108 Å². The first-order valence-electron chi connectivity index (χ1n) is 5.27. The van der Waals surface area contributed by atoms with Gasteiger partial charge in [-0.05, 0) is 36.0 Å². The standard InChI is InChI=1S/C14H10O3S/c15-13(16)10-6-8-12(9-7-10)18-14(17)11-4-2-1-3-5-11/h1-9H,(H,15,16). The molecular formula is C14H10O3S. The molecule has 0 saturated heterocycles. The molecule has 2 aromatic carbocycles. The van der Waals surface area contributed by atoms with Crippen LogP contribution in [0.3, 0.4) is 0 Å². The molecule has 0 aliphatic carbocycles. The van der Waals surface area contributed by atoms with E-state index in [-0.39, 0.29) is 10.7 Å². The van der Waals surface area contributed by atoms with Gasteiger partial charge >= 0.3 is 5.97 Å². The number of hydrogen-bond donors (Lipinski definition) is 1. The van der Waals surface area contributed by atoms with Crippen molar-refractivity contribution in [2.24, 2.45) is 0 Å². The Hall–Kier alpha value is -2.07. The smallest absolute Gasteiger partial charge is 0.335 e. The fourth-order valence-electron chi connectivity index (χ4n) is 1.41. The first kappa shape index (κ1) is 12.4. The molecule has 0 bridgehead atoms. The summed E-state index contributed by atoms with van der Waals surface area (Å²) in [6.07, 6.45) is 0. The molecule has 0 aromatic heterocycles. The minimum Gasteiger partial charge on any atom is -0.478 e. The molecular weight excluding hydrogens is 248 g/mol. The molecule has 4 heteroatoms. The van der Waals surface area contributed by atoms with E-state index >= 15 is 0 Å². The van der Waals surface area contributed by atoms with Gasteiger partial charge in [0.25, 0.3) is 0 Å². The van der Waals surface area contributed by atoms with Gasteiger partial charge in [0.05, 0.1) is 5.56 Å². The first-order chi connectivity index (χ1) is 8.66. The number of hydrogen-bond acceptors (Lipinski definition) is 3. The summed E-state index contributed by atoms with van der Waals surface area (Å²) in [5.41, 5.74) is 0.844. The molecule has 0 saturated carbocycles. The zero-order valence-corrected chi connectivity index (χ0v) is 10.2. The van der Waals surface area contributed by atoms with E-state index in [0.29, 0.717) is 5.56 Å². The molecule has 18 heavy (non-hydrogen) atoms. The van der Waals surface area contributed by atoms with E-state index < -0.39 is 5.97 Å². The van der Waals surface area contributed by atoms with Gasteiger partial charge < -0.3 is 5.11 Å². The Morgan fingerprint density at radius 3 is 2.00 bits per heavy atom. The monoisotopic (exact) mass is 258 g/mol. The summed E-state index contributed by atoms with van der Waals surface area (Å²) >= 11 is 1.09. The zero-order valence-electron chi connectivity index (χ0n) is 9.37. The van der Waals surface area contributed by atoms with E-state index in [2.05, 4.69) is 0 Å². The minimum atomic E-state index is -0.971. The van der Waals surface area contributed by atoms with Crippen molar-refractivity contribution in [2.75, 3.05) is 0 Å². The predicted molar refractivity (Wildman–Crippen MR) is 70.0 cm³/mol. The van der Waals surface area contributed by atoms with Gasteiger partial charge in [-0.2, -0.15) is 0 Å². The van der Waals surface area contributed by atoms with Crippen molar-refractivity contribution >= 4 is 22.8 Å². The third kappa shape index (κ3) is 2.99. The molecule has 3 nitrogen and oxygen atoms in total. The van der Waals surface area contributed by atoms with Crippen LogP contribution in [0.4, 0.5) is 0 Å². The highest BCUT2D eigenvalue weighted by Gasteiger charge is 2.08. The van der Waals surface area contributed by atoms with Crippen molar-refractivity contribution in [1.82, 2.24) is 0 Å². The molecule has 0 fully saturated rings. The second kappa shape index (κ2) is 5.51. The molecule has 2 rings (SSSR count). The summed E-state index contributed by atoms with van der Waals surface area (Å²) in [7, 11) is 0. The fraction of sp³-hybridized carbons (Fsp3) is 0. The highest BCUT2D eigenvalue weighted by atomic mass is 32.2. The zero-order chi connectivity index (χ0) is 13.0. The molecule has 0 aliphatic rings. The van der Waals surface area contributed by atoms with Crippen LogP contribution in [-0.4, -0.2) is 16.2 Å². The second-order valence-electron chi connectivity index (χ2n) is 3.59. The van der Waals surface area contributed by atoms with Crippen LogP contribution in [0, 0.1) is 0 Å². The molecule has 90 valence electrons. The fourth-order valence-corrected chi connectivity index (χ4v) is 2.15. The van der Waals surface area contributed by atoms with Crippen molar-refractivity contribution in [3.8, 4) is 0 Å². The summed E-state index contributed by atoms with van der Waals surface area (Å²) in [5.74, 6) is -0.971. The Morgan fingerprint density at radius 2 is 1.44 bits per heavy atom. The number of thioether (sulfide) groups is 1. The van der Waals surface area contributed by atoms with Crippen LogP contribution < -0.4 is 0 Å². The Kier molecular flexibility index (Phi) is 3.79. The van der Waals surface area contributed by atoms with Crippen molar-refractivity contribution in [3.05, 3.63) is 65.7 Å². The summed E-state index contributed by atoms with van der Waals surface area (Å²) in [5, 5.41) is 8.71. The molecule has 0 unspecified atom stereocenters. The maximum absolute atomic E-state index is 11.9. The normalized spacial score (nSPS) is 10.0. The van der Waals surface area contributed by atoms with Gasteiger partial charge in [0.2, 0.25) is 5.12 Å². The quantitative estimate of drug-likeness (QED) is 0.858. The molecule has 0 heterocycles. The highest BCUT2D eigenvalue weighted by Crippen LogP contribution is 2.23. The lowest BCUT2D eigenvalue weighted by molar-refractivity contribution is 0.0696. The van der Waals surface area contributed by atoms with E-state index in [0.717, 1.165) is 16.7 Å². The Bertz CT molecular complexity index is 561. The molecule has 0 atom stereocenters. The van der Waals surface area contributed by atoms with Gasteiger partial charge in [0.15, 0.2) is 0 Å². The molecule has 2 aromatic rings. The molecule has 0 spiro atoms. The SMILES string of the molecule is O=C(O)c1ccc(SC(=O)c2ccccc2)cc1. The average Bonchev–Trinajstić information content (AvgIpc) is 2.40. The van der Waals surface area contributed by atoms with E-state index in [9.17, 15) is 9.59 Å². The largest absolute Gasteiger partial charge is 0.478 e. The summed E-state index contributed by atoms with van der Waals surface area (Å²) < 4.78 is 0. The number of carbonyl (C=O) groups excluding carboxylic acids is 1. The van der Waals surface area contributed by atoms with Crippen LogP contribution in [0.1, 0.15) is 20.7 Å². The molecule has 0 aliphatic heterocycles. The lowest BCUT2D eigenvalue weighted by Crippen LogP contribution is -1.96. The topological polar surface area (TPSA) is 54.4 Å². The third-order valence-corrected chi connectivity index (χ3v) is 3.25. The number of benzene rings is 2. The van der Waals surface area contributed by atoms with Gasteiger partial charge in [0.1, 0.15) is 0 Å². The van der Waals surface area contributed by atoms with Crippen molar-refractivity contribution in [3.63, 3.8) is 0 Å². The van der Waals surface area contributed by atoms with Crippen LogP contribution in [0.25, 0.3) is 0 Å². The van der Waals surface area contributed by atoms with Crippen molar-refractivity contribution in [2.45, 2.75) is 4.90 Å². The average molecular weight is 258 g/mol. The summed E-state index contributed by atoms with van der Waals surface area (Å²) in [4.78, 5) is 23.3. The van der Waals surface area contributed by atoms with Gasteiger partial charge in [0, 0.05) is 10.5 Å². The van der Waals surface area contributed by atoms with Crippen LogP contribution >= 0.6 is 11.8 Å². The van der Waals surface area contributed by atoms with Gasteiger partial charge in [-0.15, -0.1) is 0 Å². The van der Waals surface area contributed by atoms with Crippen LogP contribution in [-0.2, 0) is 0 Å². The van der Waals surface area contributed by atoms with E-state index in [1.165, 1.54) is 12.1 Å². The van der Waals surface area contributed by atoms with Gasteiger partial charge in [-0.1, -0.05) is 30.3 Å². The Balaban J connectivity index is 2.10.